The summed E-state index contributed by atoms with van der Waals surface area (Å²) < 4.78 is 79.0. The van der Waals surface area contributed by atoms with E-state index >= 15 is 0 Å². The number of allylic oxidation sites excluding steroid dienone is 2. The lowest BCUT2D eigenvalue weighted by atomic mass is 10.1. The lowest BCUT2D eigenvalue weighted by Crippen LogP contribution is -2.36. The number of hydrogen-bond acceptors (Lipinski definition) is 7. The molecule has 264 valence electrons. The number of ether oxygens (including phenoxy) is 1. The second-order valence-electron chi connectivity index (χ2n) is 12.3. The van der Waals surface area contributed by atoms with E-state index in [2.05, 4.69) is 45.5 Å². The number of aromatic nitrogens is 3. The van der Waals surface area contributed by atoms with Gasteiger partial charge in [0, 0.05) is 55.5 Å². The van der Waals surface area contributed by atoms with Crippen molar-refractivity contribution in [3.8, 4) is 17.1 Å². The first-order valence-electron chi connectivity index (χ1n) is 16.5. The predicted molar refractivity (Wildman–Crippen MR) is 201 cm³/mol. The average Bonchev–Trinajstić information content (AvgIpc) is 3.89. The van der Waals surface area contributed by atoms with E-state index < -0.39 is 20.2 Å². The number of anilines is 1. The summed E-state index contributed by atoms with van der Waals surface area (Å²) in [5.74, 6) is 0.412. The summed E-state index contributed by atoms with van der Waals surface area (Å²) in [6.45, 7) is 2.68. The van der Waals surface area contributed by atoms with E-state index in [4.69, 9.17) is 4.74 Å². The second-order valence-corrected chi connectivity index (χ2v) is 16.5. The van der Waals surface area contributed by atoms with Crippen molar-refractivity contribution in [1.29, 1.82) is 0 Å². The third-order valence-corrected chi connectivity index (χ3v) is 11.5. The van der Waals surface area contributed by atoms with Crippen LogP contribution in [0.3, 0.4) is 0 Å². The highest BCUT2D eigenvalue weighted by molar-refractivity contribution is 7.86. The highest BCUT2D eigenvalue weighted by atomic mass is 32.2. The summed E-state index contributed by atoms with van der Waals surface area (Å²) in [6.07, 6.45) is 11.0. The molecule has 0 spiro atoms. The Balaban J connectivity index is 1.27. The van der Waals surface area contributed by atoms with Crippen molar-refractivity contribution in [2.45, 2.75) is 32.7 Å². The summed E-state index contributed by atoms with van der Waals surface area (Å²) in [7, 11) is -8.28. The first-order valence-corrected chi connectivity index (χ1v) is 20.6. The summed E-state index contributed by atoms with van der Waals surface area (Å²) in [4.78, 5) is 1.94. The van der Waals surface area contributed by atoms with Gasteiger partial charge in [-0.15, -0.1) is 0 Å². The Morgan fingerprint density at radius 1 is 0.863 bits per heavy atom. The molecule has 51 heavy (non-hydrogen) atoms. The predicted octanol–water partition coefficient (Wildman–Crippen LogP) is 7.01. The van der Waals surface area contributed by atoms with Gasteiger partial charge < -0.3 is 18.8 Å². The van der Waals surface area contributed by atoms with E-state index in [-0.39, 0.29) is 30.9 Å². The van der Waals surface area contributed by atoms with Crippen LogP contribution in [0.25, 0.3) is 38.6 Å². The first-order chi connectivity index (χ1) is 24.5. The van der Waals surface area contributed by atoms with Gasteiger partial charge in [0.25, 0.3) is 25.2 Å². The fourth-order valence-corrected chi connectivity index (χ4v) is 8.49. The van der Waals surface area contributed by atoms with Gasteiger partial charge >= 0.3 is 0 Å². The third kappa shape index (κ3) is 7.80. The number of aryl methyl sites for hydroxylation is 1. The SMILES string of the molecule is CCC(/C=C1\Oc2ccc(-n3ccc4ccccc43)cc2N1CCCS(=O)(=O)O)=C\c1sc2ccc(-n3cccc3)cc2[n+]1CCCS(=O)(=O)O. The van der Waals surface area contributed by atoms with E-state index in [0.29, 0.717) is 24.6 Å². The van der Waals surface area contributed by atoms with Crippen LogP contribution in [-0.2, 0) is 26.8 Å². The number of rotatable bonds is 13. The average molecular weight is 746 g/mol. The lowest BCUT2D eigenvalue weighted by molar-refractivity contribution is -0.668. The van der Waals surface area contributed by atoms with Crippen molar-refractivity contribution in [3.63, 3.8) is 0 Å². The fourth-order valence-electron chi connectivity index (χ4n) is 6.35. The van der Waals surface area contributed by atoms with Crippen molar-refractivity contribution in [1.82, 2.24) is 9.13 Å². The molecule has 2 N–H and O–H groups in total. The van der Waals surface area contributed by atoms with Crippen LogP contribution < -0.4 is 14.2 Å². The molecule has 11 nitrogen and oxygen atoms in total. The molecule has 3 aromatic carbocycles. The van der Waals surface area contributed by atoms with Gasteiger partial charge in [-0.2, -0.15) is 21.4 Å². The number of fused-ring (bicyclic) bond motifs is 3. The van der Waals surface area contributed by atoms with Crippen LogP contribution in [0.5, 0.6) is 5.75 Å². The number of hydrogen-bond donors (Lipinski definition) is 2. The molecule has 0 bridgehead atoms. The fraction of sp³-hybridized carbons (Fsp3) is 0.216. The van der Waals surface area contributed by atoms with E-state index in [0.717, 1.165) is 48.8 Å². The van der Waals surface area contributed by atoms with E-state index in [1.165, 1.54) is 0 Å². The number of nitrogens with zero attached hydrogens (tertiary/aromatic N) is 4. The lowest BCUT2D eigenvalue weighted by Gasteiger charge is -2.19. The minimum atomic E-state index is -4.16. The molecule has 7 rings (SSSR count). The molecule has 0 fully saturated rings. The largest absolute Gasteiger partial charge is 0.439 e. The van der Waals surface area contributed by atoms with Gasteiger partial charge in [-0.05, 0) is 78.4 Å². The Labute approximate surface area is 300 Å². The summed E-state index contributed by atoms with van der Waals surface area (Å²) in [6, 6.07) is 26.1. The van der Waals surface area contributed by atoms with Crippen LogP contribution in [-0.4, -0.2) is 53.1 Å². The van der Waals surface area contributed by atoms with E-state index in [9.17, 15) is 25.9 Å². The molecule has 1 aliphatic rings. The monoisotopic (exact) mass is 745 g/mol. The highest BCUT2D eigenvalue weighted by Gasteiger charge is 2.28. The Hall–Kier alpha value is -4.73. The summed E-state index contributed by atoms with van der Waals surface area (Å²) >= 11 is 1.58. The topological polar surface area (TPSA) is 135 Å². The minimum Gasteiger partial charge on any atom is -0.439 e. The molecule has 0 unspecified atom stereocenters. The van der Waals surface area contributed by atoms with Crippen LogP contribution >= 0.6 is 11.3 Å². The van der Waals surface area contributed by atoms with Gasteiger partial charge in [-0.1, -0.05) is 36.5 Å². The summed E-state index contributed by atoms with van der Waals surface area (Å²) in [5.41, 5.74) is 5.58. The zero-order valence-electron chi connectivity index (χ0n) is 27.8. The van der Waals surface area contributed by atoms with Crippen LogP contribution in [0, 0.1) is 0 Å². The Bertz CT molecular complexity index is 2520. The number of benzene rings is 3. The maximum absolute atomic E-state index is 11.6. The zero-order valence-corrected chi connectivity index (χ0v) is 30.2. The quantitative estimate of drug-likeness (QED) is 0.0953. The van der Waals surface area contributed by atoms with Gasteiger partial charge in [-0.3, -0.25) is 9.11 Å². The van der Waals surface area contributed by atoms with Gasteiger partial charge in [0.15, 0.2) is 12.3 Å². The maximum Gasteiger partial charge on any atom is 0.265 e. The van der Waals surface area contributed by atoms with Crippen molar-refractivity contribution < 1.29 is 35.2 Å². The molecule has 3 aromatic heterocycles. The molecule has 4 heterocycles. The molecule has 0 saturated heterocycles. The van der Waals surface area contributed by atoms with Crippen molar-refractivity contribution in [2.75, 3.05) is 23.0 Å². The standard InChI is InChI=1S/C37H36N4O7S3/c1-2-27(24-37-41(19-8-22-51(45,46)47)33-25-29(12-14-35(33)49-37)38-16-5-6-17-38)23-36-40(18-7-21-50(42,43)44)32-26-30(11-13-34(32)48-36)39-20-15-28-9-3-4-10-31(28)39/h3-6,9-17,20,23-26H,2,7-8,18-19,21-22H2,1H3,(H-,42,43,44,45,46,47)/p+1. The van der Waals surface area contributed by atoms with Crippen LogP contribution in [0.4, 0.5) is 5.69 Å². The van der Waals surface area contributed by atoms with E-state index in [1.54, 1.807) is 11.3 Å². The Morgan fingerprint density at radius 3 is 2.37 bits per heavy atom. The normalized spacial score (nSPS) is 14.5. The van der Waals surface area contributed by atoms with Crippen molar-refractivity contribution in [2.24, 2.45) is 0 Å². The zero-order chi connectivity index (χ0) is 35.8. The van der Waals surface area contributed by atoms with Gasteiger partial charge in [-0.25, -0.2) is 0 Å². The number of para-hydroxylation sites is 1. The van der Waals surface area contributed by atoms with Crippen LogP contribution in [0.2, 0.25) is 0 Å². The van der Waals surface area contributed by atoms with Crippen molar-refractivity contribution >= 4 is 64.5 Å². The third-order valence-electron chi connectivity index (χ3n) is 8.80. The molecule has 6 aromatic rings. The highest BCUT2D eigenvalue weighted by Crippen LogP contribution is 2.41. The first kappa shape index (κ1) is 34.7. The second kappa shape index (κ2) is 14.1. The molecule has 14 heteroatoms. The molecule has 0 amide bonds. The maximum atomic E-state index is 11.6. The Kier molecular flexibility index (Phi) is 9.61. The summed E-state index contributed by atoms with van der Waals surface area (Å²) in [5, 5.41) is 2.00. The molecule has 0 atom stereocenters. The van der Waals surface area contributed by atoms with E-state index in [1.807, 2.05) is 89.6 Å². The van der Waals surface area contributed by atoms with Crippen molar-refractivity contribution in [3.05, 3.63) is 120 Å². The molecular formula is C37H37N4O7S3+. The molecular weight excluding hydrogens is 709 g/mol. The molecule has 0 saturated carbocycles. The smallest absolute Gasteiger partial charge is 0.265 e. The number of thiazole rings is 1. The van der Waals surface area contributed by atoms with Crippen LogP contribution in [0.1, 0.15) is 31.2 Å². The molecule has 1 aliphatic heterocycles. The molecule has 0 radical (unpaired) electrons. The minimum absolute atomic E-state index is 0.175. The van der Waals surface area contributed by atoms with Gasteiger partial charge in [0.2, 0.25) is 11.4 Å². The van der Waals surface area contributed by atoms with Gasteiger partial charge in [0.05, 0.1) is 28.4 Å². The Morgan fingerprint density at radius 2 is 1.61 bits per heavy atom. The van der Waals surface area contributed by atoms with Gasteiger partial charge in [0.1, 0.15) is 4.70 Å². The molecule has 0 aliphatic carbocycles. The van der Waals surface area contributed by atoms with Crippen LogP contribution in [0.15, 0.2) is 115 Å².